The number of allylic oxidation sites excluding steroid dienone is 4. The maximum absolute atomic E-state index is 13.3. The molecule has 0 aromatic carbocycles. The molecule has 31 heavy (non-hydrogen) atoms. The number of hydrogen-bond donors (Lipinski definition) is 1. The lowest BCUT2D eigenvalue weighted by Crippen LogP contribution is -2.51. The molecule has 2 fully saturated rings. The van der Waals surface area contributed by atoms with Gasteiger partial charge in [0, 0.05) is 35.1 Å². The van der Waals surface area contributed by atoms with E-state index in [0.29, 0.717) is 18.3 Å². The van der Waals surface area contributed by atoms with Crippen LogP contribution in [0.5, 0.6) is 0 Å². The molecule has 6 atom stereocenters. The van der Waals surface area contributed by atoms with Gasteiger partial charge in [0.1, 0.15) is 6.61 Å². The first-order chi connectivity index (χ1) is 14.8. The Labute approximate surface area is 184 Å². The van der Waals surface area contributed by atoms with Crippen molar-refractivity contribution in [3.05, 3.63) is 53.4 Å². The highest BCUT2D eigenvalue weighted by atomic mass is 16.3. The maximum Gasteiger partial charge on any atom is 0.165 e. The second kappa shape index (κ2) is 6.96. The minimum atomic E-state index is -0.650. The van der Waals surface area contributed by atoms with Gasteiger partial charge in [-0.05, 0) is 67.6 Å². The Bertz CT molecular complexity index is 995. The van der Waals surface area contributed by atoms with E-state index in [2.05, 4.69) is 31.8 Å². The van der Waals surface area contributed by atoms with E-state index in [4.69, 9.17) is 0 Å². The molecule has 0 spiro atoms. The Balaban J connectivity index is 1.61. The van der Waals surface area contributed by atoms with E-state index in [1.807, 2.05) is 30.5 Å². The molecule has 1 aromatic rings. The van der Waals surface area contributed by atoms with Crippen molar-refractivity contribution in [2.24, 2.45) is 28.1 Å². The molecule has 5 rings (SSSR count). The van der Waals surface area contributed by atoms with E-state index in [9.17, 15) is 14.7 Å². The maximum atomic E-state index is 13.3. The van der Waals surface area contributed by atoms with E-state index in [1.165, 1.54) is 11.1 Å². The van der Waals surface area contributed by atoms with Crippen molar-refractivity contribution in [1.29, 1.82) is 0 Å². The summed E-state index contributed by atoms with van der Waals surface area (Å²) in [4.78, 5) is 30.1. The molecule has 4 heteroatoms. The van der Waals surface area contributed by atoms with Crippen molar-refractivity contribution in [2.45, 2.75) is 65.2 Å². The van der Waals surface area contributed by atoms with E-state index < -0.39 is 12.0 Å². The first-order valence-corrected chi connectivity index (χ1v) is 11.7. The lowest BCUT2D eigenvalue weighted by molar-refractivity contribution is -0.139. The normalized spacial score (nSPS) is 41.5. The molecule has 0 radical (unpaired) electrons. The second-order valence-electron chi connectivity index (χ2n) is 10.8. The molecule has 0 amide bonds. The van der Waals surface area contributed by atoms with Crippen LogP contribution in [0, 0.1) is 28.1 Å². The molecule has 164 valence electrons. The number of hydrogen-bond acceptors (Lipinski definition) is 4. The van der Waals surface area contributed by atoms with Gasteiger partial charge >= 0.3 is 0 Å². The molecule has 4 nitrogen and oxygen atoms in total. The number of pyridine rings is 1. The molecular formula is C27H33NO3. The first-order valence-electron chi connectivity index (χ1n) is 11.7. The Morgan fingerprint density at radius 3 is 2.74 bits per heavy atom. The number of aromatic nitrogens is 1. The Kier molecular flexibility index (Phi) is 4.68. The average Bonchev–Trinajstić information content (AvgIpc) is 3.02. The van der Waals surface area contributed by atoms with Gasteiger partial charge in [-0.15, -0.1) is 0 Å². The van der Waals surface area contributed by atoms with Crippen LogP contribution in [0.15, 0.2) is 47.7 Å². The van der Waals surface area contributed by atoms with Crippen LogP contribution in [-0.4, -0.2) is 28.3 Å². The summed E-state index contributed by atoms with van der Waals surface area (Å²) in [5.41, 5.74) is 2.89. The summed E-state index contributed by atoms with van der Waals surface area (Å²) in [6, 6.07) is 5.95. The lowest BCUT2D eigenvalue weighted by atomic mass is 9.48. The van der Waals surface area contributed by atoms with Crippen molar-refractivity contribution in [2.75, 3.05) is 6.61 Å². The quantitative estimate of drug-likeness (QED) is 0.715. The van der Waals surface area contributed by atoms with Crippen molar-refractivity contribution >= 4 is 11.6 Å². The first kappa shape index (κ1) is 20.8. The zero-order valence-corrected chi connectivity index (χ0v) is 18.9. The van der Waals surface area contributed by atoms with Crippen molar-refractivity contribution in [3.8, 4) is 0 Å². The number of aliphatic hydroxyl groups excluding tert-OH is 1. The van der Waals surface area contributed by atoms with Crippen LogP contribution in [0.2, 0.25) is 0 Å². The zero-order chi connectivity index (χ0) is 22.0. The van der Waals surface area contributed by atoms with Gasteiger partial charge in [0.05, 0.1) is 0 Å². The Hall–Kier alpha value is -2.07. The fraction of sp³-hybridized carbons (Fsp3) is 0.593. The van der Waals surface area contributed by atoms with Gasteiger partial charge in [0.25, 0.3) is 0 Å². The SMILES string of the molecule is C[C@]12CCC(=O)C=C1CCC1C2=CC[C@@]2(C)C1C[C@@H](c1ccccn1)[C@]2(C)C(=O)CO. The summed E-state index contributed by atoms with van der Waals surface area (Å²) in [7, 11) is 0. The third-order valence-corrected chi connectivity index (χ3v) is 9.87. The molecule has 0 bridgehead atoms. The van der Waals surface area contributed by atoms with Crippen molar-refractivity contribution < 1.29 is 14.7 Å². The van der Waals surface area contributed by atoms with Gasteiger partial charge in [0.2, 0.25) is 0 Å². The fourth-order valence-corrected chi connectivity index (χ4v) is 7.81. The molecule has 1 N–H and O–H groups in total. The van der Waals surface area contributed by atoms with E-state index >= 15 is 0 Å². The molecule has 2 unspecified atom stereocenters. The second-order valence-corrected chi connectivity index (χ2v) is 10.8. The van der Waals surface area contributed by atoms with Crippen LogP contribution in [0.25, 0.3) is 0 Å². The number of carbonyl (C=O) groups excluding carboxylic acids is 2. The predicted molar refractivity (Wildman–Crippen MR) is 119 cm³/mol. The summed E-state index contributed by atoms with van der Waals surface area (Å²) in [6.45, 7) is 6.27. The fourth-order valence-electron chi connectivity index (χ4n) is 7.81. The number of Topliss-reactive ketones (excluding diaryl/α,β-unsaturated/α-hetero) is 1. The minimum Gasteiger partial charge on any atom is -0.389 e. The Morgan fingerprint density at radius 2 is 2.03 bits per heavy atom. The van der Waals surface area contributed by atoms with Crippen LogP contribution in [0.4, 0.5) is 0 Å². The summed E-state index contributed by atoms with van der Waals surface area (Å²) < 4.78 is 0. The summed E-state index contributed by atoms with van der Waals surface area (Å²) in [5, 5.41) is 9.96. The largest absolute Gasteiger partial charge is 0.389 e. The highest BCUT2D eigenvalue weighted by Gasteiger charge is 2.66. The molecule has 1 heterocycles. The summed E-state index contributed by atoms with van der Waals surface area (Å²) in [6.07, 6.45) is 11.4. The smallest absolute Gasteiger partial charge is 0.165 e. The van der Waals surface area contributed by atoms with Crippen LogP contribution >= 0.6 is 0 Å². The standard InChI is InChI=1S/C27H33NO3/c1-25-11-9-18(30)14-17(25)7-8-19-20(25)10-12-26(2)21(19)15-22(23-6-4-5-13-28-23)27(26,3)24(31)16-29/h4-6,10,13-14,19,21-22,29H,7-9,11-12,15-16H2,1-3H3/t19?,21?,22-,25-,26-,27+/m0/s1. The molecule has 0 aliphatic heterocycles. The van der Waals surface area contributed by atoms with Crippen molar-refractivity contribution in [3.63, 3.8) is 0 Å². The predicted octanol–water partition coefficient (Wildman–Crippen LogP) is 4.79. The number of ketones is 2. The van der Waals surface area contributed by atoms with Crippen molar-refractivity contribution in [1.82, 2.24) is 4.98 Å². The van der Waals surface area contributed by atoms with E-state index in [0.717, 1.165) is 37.8 Å². The molecule has 4 aliphatic carbocycles. The molecule has 1 aromatic heterocycles. The number of aliphatic hydroxyl groups is 1. The van der Waals surface area contributed by atoms with Gasteiger partial charge in [-0.2, -0.15) is 0 Å². The molecular weight excluding hydrogens is 386 g/mol. The average molecular weight is 420 g/mol. The van der Waals surface area contributed by atoms with E-state index in [1.54, 1.807) is 0 Å². The topological polar surface area (TPSA) is 67.3 Å². The van der Waals surface area contributed by atoms with Gasteiger partial charge in [-0.25, -0.2) is 0 Å². The summed E-state index contributed by atoms with van der Waals surface area (Å²) in [5.74, 6) is 1.01. The minimum absolute atomic E-state index is 0.00813. The van der Waals surface area contributed by atoms with Gasteiger partial charge in [-0.3, -0.25) is 14.6 Å². The van der Waals surface area contributed by atoms with Crippen LogP contribution in [0.3, 0.4) is 0 Å². The highest BCUT2D eigenvalue weighted by Crippen LogP contribution is 2.71. The monoisotopic (exact) mass is 419 g/mol. The van der Waals surface area contributed by atoms with Crippen LogP contribution in [-0.2, 0) is 9.59 Å². The third kappa shape index (κ3) is 2.67. The number of nitrogens with zero attached hydrogens (tertiary/aromatic N) is 1. The van der Waals surface area contributed by atoms with Gasteiger partial charge in [-0.1, -0.05) is 44.1 Å². The number of rotatable bonds is 3. The van der Waals surface area contributed by atoms with E-state index in [-0.39, 0.29) is 28.3 Å². The third-order valence-electron chi connectivity index (χ3n) is 9.87. The number of fused-ring (bicyclic) bond motifs is 5. The summed E-state index contributed by atoms with van der Waals surface area (Å²) >= 11 is 0. The Morgan fingerprint density at radius 1 is 1.23 bits per heavy atom. The highest BCUT2D eigenvalue weighted by molar-refractivity contribution is 5.92. The van der Waals surface area contributed by atoms with Gasteiger partial charge < -0.3 is 5.11 Å². The molecule has 0 saturated heterocycles. The zero-order valence-electron chi connectivity index (χ0n) is 18.9. The number of carbonyl (C=O) groups is 2. The van der Waals surface area contributed by atoms with Crippen LogP contribution < -0.4 is 0 Å². The lowest BCUT2D eigenvalue weighted by Gasteiger charge is -2.55. The van der Waals surface area contributed by atoms with Gasteiger partial charge in [0.15, 0.2) is 11.6 Å². The van der Waals surface area contributed by atoms with Crippen LogP contribution in [0.1, 0.15) is 70.9 Å². The molecule has 2 saturated carbocycles. The molecule has 4 aliphatic rings.